The SMILES string of the molecule is C[C@@H](CN)NC(=O)CSC(F)(F)F.Cl. The number of alkyl halides is 3. The van der Waals surface area contributed by atoms with Crippen LogP contribution < -0.4 is 11.1 Å². The van der Waals surface area contributed by atoms with Gasteiger partial charge in [0, 0.05) is 12.6 Å². The van der Waals surface area contributed by atoms with Crippen LogP contribution in [0.25, 0.3) is 0 Å². The molecule has 0 fully saturated rings. The average Bonchev–Trinajstić information content (AvgIpc) is 1.99. The molecule has 0 aliphatic heterocycles. The first-order chi connectivity index (χ1) is 5.85. The highest BCUT2D eigenvalue weighted by Crippen LogP contribution is 2.29. The van der Waals surface area contributed by atoms with E-state index in [0.29, 0.717) is 0 Å². The predicted molar refractivity (Wildman–Crippen MR) is 52.4 cm³/mol. The van der Waals surface area contributed by atoms with Crippen molar-refractivity contribution < 1.29 is 18.0 Å². The Morgan fingerprint density at radius 2 is 2.07 bits per heavy atom. The molecule has 86 valence electrons. The zero-order valence-corrected chi connectivity index (χ0v) is 9.06. The molecule has 1 atom stereocenters. The third kappa shape index (κ3) is 9.94. The van der Waals surface area contributed by atoms with E-state index in [1.54, 1.807) is 6.92 Å². The summed E-state index contributed by atoms with van der Waals surface area (Å²) in [6.07, 6.45) is 0. The molecule has 1 amide bonds. The molecule has 14 heavy (non-hydrogen) atoms. The van der Waals surface area contributed by atoms with Crippen LogP contribution >= 0.6 is 24.2 Å². The van der Waals surface area contributed by atoms with Crippen molar-refractivity contribution in [2.75, 3.05) is 12.3 Å². The van der Waals surface area contributed by atoms with Gasteiger partial charge in [0.1, 0.15) is 0 Å². The fourth-order valence-electron chi connectivity index (χ4n) is 0.523. The number of amides is 1. The van der Waals surface area contributed by atoms with E-state index in [1.165, 1.54) is 0 Å². The summed E-state index contributed by atoms with van der Waals surface area (Å²) in [6.45, 7) is 1.83. The maximum atomic E-state index is 11.6. The van der Waals surface area contributed by atoms with Gasteiger partial charge >= 0.3 is 5.51 Å². The van der Waals surface area contributed by atoms with E-state index in [1.807, 2.05) is 0 Å². The molecule has 0 rings (SSSR count). The van der Waals surface area contributed by atoms with Gasteiger partial charge in [-0.25, -0.2) is 0 Å². The zero-order valence-electron chi connectivity index (χ0n) is 7.43. The standard InChI is InChI=1S/C6H11F3N2OS.ClH/c1-4(2-10)11-5(12)3-13-6(7,8)9;/h4H,2-3,10H2,1H3,(H,11,12);1H/t4-;/m0./s1. The van der Waals surface area contributed by atoms with Crippen LogP contribution in [0.3, 0.4) is 0 Å². The molecule has 0 aromatic carbocycles. The van der Waals surface area contributed by atoms with Crippen molar-refractivity contribution in [2.45, 2.75) is 18.5 Å². The largest absolute Gasteiger partial charge is 0.442 e. The van der Waals surface area contributed by atoms with Gasteiger partial charge in [0.2, 0.25) is 5.91 Å². The molecule has 0 aliphatic rings. The van der Waals surface area contributed by atoms with Gasteiger partial charge in [-0.1, -0.05) is 0 Å². The fourth-order valence-corrected chi connectivity index (χ4v) is 0.901. The van der Waals surface area contributed by atoms with Crippen LogP contribution in [-0.4, -0.2) is 29.8 Å². The molecule has 0 radical (unpaired) electrons. The van der Waals surface area contributed by atoms with E-state index in [2.05, 4.69) is 5.32 Å². The number of hydrogen-bond acceptors (Lipinski definition) is 3. The Balaban J connectivity index is 0. The van der Waals surface area contributed by atoms with Crippen LogP contribution in [0.5, 0.6) is 0 Å². The number of rotatable bonds is 4. The number of nitrogens with one attached hydrogen (secondary N) is 1. The second kappa shape index (κ2) is 7.19. The van der Waals surface area contributed by atoms with Gasteiger partial charge in [0.25, 0.3) is 0 Å². The second-order valence-corrected chi connectivity index (χ2v) is 3.48. The first-order valence-corrected chi connectivity index (χ1v) is 4.54. The fraction of sp³-hybridized carbons (Fsp3) is 0.833. The van der Waals surface area contributed by atoms with Gasteiger partial charge in [0.15, 0.2) is 0 Å². The van der Waals surface area contributed by atoms with Crippen molar-refractivity contribution in [1.29, 1.82) is 0 Å². The molecule has 0 unspecified atom stereocenters. The lowest BCUT2D eigenvalue weighted by molar-refractivity contribution is -0.119. The monoisotopic (exact) mass is 252 g/mol. The highest BCUT2D eigenvalue weighted by molar-refractivity contribution is 8.00. The third-order valence-electron chi connectivity index (χ3n) is 1.13. The number of nitrogens with two attached hydrogens (primary N) is 1. The van der Waals surface area contributed by atoms with Crippen molar-refractivity contribution in [1.82, 2.24) is 5.32 Å². The van der Waals surface area contributed by atoms with Crippen molar-refractivity contribution in [3.05, 3.63) is 0 Å². The normalized spacial score (nSPS) is 12.9. The lowest BCUT2D eigenvalue weighted by Gasteiger charge is -2.11. The van der Waals surface area contributed by atoms with E-state index in [4.69, 9.17) is 5.73 Å². The summed E-state index contributed by atoms with van der Waals surface area (Å²) < 4.78 is 34.8. The van der Waals surface area contributed by atoms with Crippen molar-refractivity contribution in [3.8, 4) is 0 Å². The smallest absolute Gasteiger partial charge is 0.352 e. The lowest BCUT2D eigenvalue weighted by atomic mass is 10.3. The van der Waals surface area contributed by atoms with Crippen LogP contribution in [-0.2, 0) is 4.79 Å². The molecule has 0 aliphatic carbocycles. The highest BCUT2D eigenvalue weighted by atomic mass is 35.5. The zero-order chi connectivity index (χ0) is 10.5. The second-order valence-electron chi connectivity index (χ2n) is 2.44. The van der Waals surface area contributed by atoms with Gasteiger partial charge in [-0.05, 0) is 18.7 Å². The summed E-state index contributed by atoms with van der Waals surface area (Å²) in [5.41, 5.74) is 0.801. The number of carbonyl (C=O) groups is 1. The molecule has 0 bridgehead atoms. The van der Waals surface area contributed by atoms with Crippen LogP contribution in [0.1, 0.15) is 6.92 Å². The minimum Gasteiger partial charge on any atom is -0.352 e. The number of halogens is 4. The maximum absolute atomic E-state index is 11.6. The van der Waals surface area contributed by atoms with Gasteiger partial charge < -0.3 is 11.1 Å². The minimum absolute atomic E-state index is 0. The molecule has 0 saturated carbocycles. The minimum atomic E-state index is -4.36. The van der Waals surface area contributed by atoms with E-state index in [9.17, 15) is 18.0 Å². The molecule has 0 saturated heterocycles. The Morgan fingerprint density at radius 1 is 1.57 bits per heavy atom. The van der Waals surface area contributed by atoms with Crippen LogP contribution in [0.4, 0.5) is 13.2 Å². The first kappa shape index (κ1) is 16.3. The molecule has 0 heterocycles. The molecule has 8 heteroatoms. The van der Waals surface area contributed by atoms with Gasteiger partial charge in [-0.2, -0.15) is 13.2 Å². The quantitative estimate of drug-likeness (QED) is 0.789. The van der Waals surface area contributed by atoms with E-state index >= 15 is 0 Å². The summed E-state index contributed by atoms with van der Waals surface area (Å²) in [5, 5.41) is 2.32. The molecule has 0 spiro atoms. The van der Waals surface area contributed by atoms with E-state index < -0.39 is 17.2 Å². The van der Waals surface area contributed by atoms with E-state index in [-0.39, 0.29) is 36.8 Å². The Kier molecular flexibility index (Phi) is 8.37. The maximum Gasteiger partial charge on any atom is 0.442 e. The topological polar surface area (TPSA) is 55.1 Å². The summed E-state index contributed by atoms with van der Waals surface area (Å²) in [6, 6.07) is -0.290. The predicted octanol–water partition coefficient (Wildman–Crippen LogP) is 1.12. The molecule has 0 aromatic heterocycles. The number of hydrogen-bond donors (Lipinski definition) is 2. The molecule has 3 N–H and O–H groups in total. The lowest BCUT2D eigenvalue weighted by Crippen LogP contribution is -2.39. The Bertz CT molecular complexity index is 179. The number of carbonyl (C=O) groups excluding carboxylic acids is 1. The summed E-state index contributed by atoms with van der Waals surface area (Å²) in [4.78, 5) is 10.8. The van der Waals surface area contributed by atoms with Gasteiger partial charge in [0.05, 0.1) is 5.75 Å². The van der Waals surface area contributed by atoms with Crippen LogP contribution in [0.15, 0.2) is 0 Å². The molecular formula is C6H12ClF3N2OS. The summed E-state index contributed by atoms with van der Waals surface area (Å²) in [7, 11) is 0. The Labute approximate surface area is 90.4 Å². The third-order valence-corrected chi connectivity index (χ3v) is 1.86. The molecule has 0 aromatic rings. The summed E-state index contributed by atoms with van der Waals surface area (Å²) >= 11 is -0.359. The van der Waals surface area contributed by atoms with Gasteiger partial charge in [-0.15, -0.1) is 12.4 Å². The van der Waals surface area contributed by atoms with Crippen molar-refractivity contribution in [2.24, 2.45) is 5.73 Å². The van der Waals surface area contributed by atoms with Crippen LogP contribution in [0, 0.1) is 0 Å². The average molecular weight is 253 g/mol. The Morgan fingerprint density at radius 3 is 2.43 bits per heavy atom. The van der Waals surface area contributed by atoms with Crippen LogP contribution in [0.2, 0.25) is 0 Å². The van der Waals surface area contributed by atoms with E-state index in [0.717, 1.165) is 0 Å². The van der Waals surface area contributed by atoms with Crippen molar-refractivity contribution in [3.63, 3.8) is 0 Å². The number of thioether (sulfide) groups is 1. The first-order valence-electron chi connectivity index (χ1n) is 3.55. The molecule has 3 nitrogen and oxygen atoms in total. The van der Waals surface area contributed by atoms with Crippen molar-refractivity contribution >= 4 is 30.1 Å². The van der Waals surface area contributed by atoms with Gasteiger partial charge in [-0.3, -0.25) is 4.79 Å². The highest BCUT2D eigenvalue weighted by Gasteiger charge is 2.29. The molecular weight excluding hydrogens is 241 g/mol. The Hall–Kier alpha value is -0.140. The summed E-state index contributed by atoms with van der Waals surface area (Å²) in [5.74, 6) is -1.27.